The van der Waals surface area contributed by atoms with E-state index in [9.17, 15) is 0 Å². The van der Waals surface area contributed by atoms with Crippen LogP contribution in [0.25, 0.3) is 98.4 Å². The molecule has 0 amide bonds. The topological polar surface area (TPSA) is 9.23 Å². The van der Waals surface area contributed by atoms with Crippen LogP contribution in [0.5, 0.6) is 11.5 Å². The Hall–Kier alpha value is -6.70. The summed E-state index contributed by atoms with van der Waals surface area (Å²) in [4.78, 5) is 0. The standard InChI is InChI=1S/C50H30O/c1-2-10-31(11-3-1)35-24-25-42-47-30-45-41-16-7-6-15-40(41)44(29-46(45)43-18-9-19-48(50(43)47)51-49(42)28-35)37-23-21-33-26-36(22-20-34(33)27-37)39-17-8-13-32-12-4-5-14-38(32)39/h1-30H. The van der Waals surface area contributed by atoms with Crippen molar-refractivity contribution in [2.24, 2.45) is 0 Å². The van der Waals surface area contributed by atoms with Crippen LogP contribution in [-0.2, 0) is 0 Å². The Bertz CT molecular complexity index is 3040. The molecule has 0 saturated carbocycles. The van der Waals surface area contributed by atoms with Gasteiger partial charge in [-0.15, -0.1) is 0 Å². The summed E-state index contributed by atoms with van der Waals surface area (Å²) in [6.07, 6.45) is 0. The normalized spacial score (nSPS) is 12.1. The smallest absolute Gasteiger partial charge is 0.135 e. The minimum atomic E-state index is 0.899. The summed E-state index contributed by atoms with van der Waals surface area (Å²) < 4.78 is 6.68. The predicted octanol–water partition coefficient (Wildman–Crippen LogP) is 14.2. The lowest BCUT2D eigenvalue weighted by Crippen LogP contribution is -1.98. The highest BCUT2D eigenvalue weighted by atomic mass is 16.5. The molecule has 1 heterocycles. The summed E-state index contributed by atoms with van der Waals surface area (Å²) in [6.45, 7) is 0. The Morgan fingerprint density at radius 3 is 1.73 bits per heavy atom. The van der Waals surface area contributed by atoms with Crippen LogP contribution in [0, 0.1) is 0 Å². The molecule has 10 aromatic rings. The van der Waals surface area contributed by atoms with Crippen LogP contribution in [0.4, 0.5) is 0 Å². The SMILES string of the molecule is c1ccc(-c2ccc3c(c2)Oc2cccc4c2c-3cc2c3ccccc3c(-c3ccc5cc(-c6cccc7ccccc67)ccc5c3)cc42)cc1. The lowest BCUT2D eigenvalue weighted by molar-refractivity contribution is 0.487. The molecule has 0 fully saturated rings. The maximum atomic E-state index is 6.68. The molecular formula is C50H30O. The minimum absolute atomic E-state index is 0.899. The quantitative estimate of drug-likeness (QED) is 0.174. The molecule has 0 aromatic heterocycles. The molecule has 0 saturated heterocycles. The van der Waals surface area contributed by atoms with Crippen LogP contribution in [-0.4, -0.2) is 0 Å². The highest BCUT2D eigenvalue weighted by molar-refractivity contribution is 6.25. The van der Waals surface area contributed by atoms with E-state index >= 15 is 0 Å². The minimum Gasteiger partial charge on any atom is -0.456 e. The third-order valence-electron chi connectivity index (χ3n) is 10.8. The van der Waals surface area contributed by atoms with E-state index < -0.39 is 0 Å². The van der Waals surface area contributed by atoms with E-state index in [-0.39, 0.29) is 0 Å². The van der Waals surface area contributed by atoms with Gasteiger partial charge in [-0.05, 0) is 130 Å². The summed E-state index contributed by atoms with van der Waals surface area (Å²) in [5.41, 5.74) is 9.65. The molecule has 0 unspecified atom stereocenters. The van der Waals surface area contributed by atoms with Crippen molar-refractivity contribution in [1.29, 1.82) is 0 Å². The fraction of sp³-hybridized carbons (Fsp3) is 0. The molecule has 1 aliphatic rings. The second-order valence-electron chi connectivity index (χ2n) is 13.7. The third-order valence-corrected chi connectivity index (χ3v) is 10.8. The van der Waals surface area contributed by atoms with Gasteiger partial charge in [-0.2, -0.15) is 0 Å². The third kappa shape index (κ3) is 4.35. The van der Waals surface area contributed by atoms with Crippen molar-refractivity contribution in [2.45, 2.75) is 0 Å². The van der Waals surface area contributed by atoms with E-state index in [1.807, 2.05) is 0 Å². The zero-order chi connectivity index (χ0) is 33.5. The molecule has 0 spiro atoms. The van der Waals surface area contributed by atoms with Crippen LogP contribution in [0.3, 0.4) is 0 Å². The first-order valence-corrected chi connectivity index (χ1v) is 17.6. The fourth-order valence-corrected chi connectivity index (χ4v) is 8.38. The van der Waals surface area contributed by atoms with Crippen molar-refractivity contribution in [3.8, 4) is 56.0 Å². The van der Waals surface area contributed by atoms with Gasteiger partial charge in [0.1, 0.15) is 11.5 Å². The van der Waals surface area contributed by atoms with Gasteiger partial charge in [0.25, 0.3) is 0 Å². The predicted molar refractivity (Wildman–Crippen MR) is 216 cm³/mol. The number of benzene rings is 10. The number of hydrogen-bond donors (Lipinski definition) is 0. The zero-order valence-corrected chi connectivity index (χ0v) is 27.7. The molecule has 0 bridgehead atoms. The molecule has 51 heavy (non-hydrogen) atoms. The number of rotatable bonds is 3. The zero-order valence-electron chi connectivity index (χ0n) is 27.7. The summed E-state index contributed by atoms with van der Waals surface area (Å²) in [6, 6.07) is 66.3. The Morgan fingerprint density at radius 1 is 0.255 bits per heavy atom. The van der Waals surface area contributed by atoms with Crippen molar-refractivity contribution in [1.82, 2.24) is 0 Å². The fourth-order valence-electron chi connectivity index (χ4n) is 8.38. The Balaban J connectivity index is 1.09. The first kappa shape index (κ1) is 28.2. The molecule has 1 heteroatoms. The average Bonchev–Trinajstić information content (AvgIpc) is 3.20. The number of fused-ring (bicyclic) bond motifs is 8. The second kappa shape index (κ2) is 10.9. The second-order valence-corrected chi connectivity index (χ2v) is 13.7. The van der Waals surface area contributed by atoms with Crippen molar-refractivity contribution >= 4 is 53.9 Å². The molecule has 0 radical (unpaired) electrons. The van der Waals surface area contributed by atoms with Gasteiger partial charge < -0.3 is 4.74 Å². The highest BCUT2D eigenvalue weighted by Crippen LogP contribution is 2.51. The monoisotopic (exact) mass is 646 g/mol. The molecule has 0 atom stereocenters. The highest BCUT2D eigenvalue weighted by Gasteiger charge is 2.23. The first-order valence-electron chi connectivity index (χ1n) is 17.6. The summed E-state index contributed by atoms with van der Waals surface area (Å²) in [7, 11) is 0. The summed E-state index contributed by atoms with van der Waals surface area (Å²) >= 11 is 0. The molecule has 11 rings (SSSR count). The summed E-state index contributed by atoms with van der Waals surface area (Å²) in [5, 5.41) is 12.4. The van der Waals surface area contributed by atoms with Gasteiger partial charge in [-0.3, -0.25) is 0 Å². The Morgan fingerprint density at radius 2 is 0.882 bits per heavy atom. The van der Waals surface area contributed by atoms with E-state index in [0.29, 0.717) is 0 Å². The van der Waals surface area contributed by atoms with Crippen molar-refractivity contribution in [3.63, 3.8) is 0 Å². The van der Waals surface area contributed by atoms with E-state index in [2.05, 4.69) is 182 Å². The van der Waals surface area contributed by atoms with E-state index in [0.717, 1.165) is 22.6 Å². The van der Waals surface area contributed by atoms with Crippen molar-refractivity contribution in [3.05, 3.63) is 182 Å². The Labute approximate surface area is 295 Å². The van der Waals surface area contributed by atoms with Crippen molar-refractivity contribution < 1.29 is 4.74 Å². The van der Waals surface area contributed by atoms with E-state index in [1.165, 1.54) is 87.2 Å². The average molecular weight is 647 g/mol. The van der Waals surface area contributed by atoms with E-state index in [1.54, 1.807) is 0 Å². The van der Waals surface area contributed by atoms with E-state index in [4.69, 9.17) is 4.74 Å². The van der Waals surface area contributed by atoms with Gasteiger partial charge in [-0.1, -0.05) is 140 Å². The molecular weight excluding hydrogens is 617 g/mol. The van der Waals surface area contributed by atoms with Crippen LogP contribution in [0.15, 0.2) is 182 Å². The maximum absolute atomic E-state index is 6.68. The van der Waals surface area contributed by atoms with Gasteiger partial charge in [0, 0.05) is 10.9 Å². The van der Waals surface area contributed by atoms with Gasteiger partial charge in [0.05, 0.1) is 0 Å². The van der Waals surface area contributed by atoms with Crippen LogP contribution in [0.1, 0.15) is 0 Å². The van der Waals surface area contributed by atoms with Crippen LogP contribution >= 0.6 is 0 Å². The lowest BCUT2D eigenvalue weighted by Gasteiger charge is -2.24. The molecule has 1 aliphatic heterocycles. The van der Waals surface area contributed by atoms with Gasteiger partial charge in [0.2, 0.25) is 0 Å². The first-order chi connectivity index (χ1) is 25.3. The molecule has 0 aliphatic carbocycles. The summed E-state index contributed by atoms with van der Waals surface area (Å²) in [5.74, 6) is 1.81. The lowest BCUT2D eigenvalue weighted by atomic mass is 9.86. The van der Waals surface area contributed by atoms with Gasteiger partial charge >= 0.3 is 0 Å². The van der Waals surface area contributed by atoms with Gasteiger partial charge in [-0.25, -0.2) is 0 Å². The van der Waals surface area contributed by atoms with Gasteiger partial charge in [0.15, 0.2) is 0 Å². The molecule has 1 nitrogen and oxygen atoms in total. The van der Waals surface area contributed by atoms with Crippen molar-refractivity contribution in [2.75, 3.05) is 0 Å². The number of hydrogen-bond acceptors (Lipinski definition) is 1. The number of ether oxygens (including phenoxy) is 1. The Kier molecular flexibility index (Phi) is 6.02. The van der Waals surface area contributed by atoms with Crippen LogP contribution < -0.4 is 4.74 Å². The van der Waals surface area contributed by atoms with Crippen LogP contribution in [0.2, 0.25) is 0 Å². The molecule has 0 N–H and O–H groups in total. The largest absolute Gasteiger partial charge is 0.456 e. The maximum Gasteiger partial charge on any atom is 0.135 e. The molecule has 236 valence electrons. The molecule has 10 aromatic carbocycles.